The molecule has 0 bridgehead atoms. The number of ether oxygens (including phenoxy) is 4. The van der Waals surface area contributed by atoms with Crippen molar-refractivity contribution in [2.75, 3.05) is 6.54 Å². The van der Waals surface area contributed by atoms with Crippen LogP contribution in [0.5, 0.6) is 0 Å². The average Bonchev–Trinajstić information content (AvgIpc) is 3.67. The van der Waals surface area contributed by atoms with Crippen LogP contribution in [0, 0.1) is 0 Å². The van der Waals surface area contributed by atoms with E-state index in [1.165, 1.54) is 26.8 Å². The molecule has 0 radical (unpaired) electrons. The van der Waals surface area contributed by atoms with Crippen LogP contribution in [0.15, 0.2) is 75.1 Å². The molecule has 4 rings (SSSR count). The Hall–Kier alpha value is -4.47. The summed E-state index contributed by atoms with van der Waals surface area (Å²) in [5.74, 6) is -5.60. The number of hydrogen-bond acceptors (Lipinski definition) is 16. The van der Waals surface area contributed by atoms with Gasteiger partial charge in [-0.05, 0) is 76.0 Å². The van der Waals surface area contributed by atoms with Gasteiger partial charge in [0, 0.05) is 11.6 Å². The molecular formula is C41H54N2O14S3Si. The summed E-state index contributed by atoms with van der Waals surface area (Å²) in [6.45, 7) is 16.2. The zero-order valence-electron chi connectivity index (χ0n) is 35.7. The lowest BCUT2D eigenvalue weighted by Gasteiger charge is -2.44. The van der Waals surface area contributed by atoms with Crippen molar-refractivity contribution in [3.63, 3.8) is 0 Å². The van der Waals surface area contributed by atoms with Crippen molar-refractivity contribution in [3.05, 3.63) is 72.3 Å². The summed E-state index contributed by atoms with van der Waals surface area (Å²) in [5.41, 5.74) is 0.287. The molecule has 0 aliphatic carbocycles. The van der Waals surface area contributed by atoms with Crippen LogP contribution < -0.4 is 20.4 Å². The zero-order chi connectivity index (χ0) is 45.7. The molecular weight excluding hydrogens is 869 g/mol. The lowest BCUT2D eigenvalue weighted by molar-refractivity contribution is -0.184. The number of sulfone groups is 1. The van der Waals surface area contributed by atoms with Crippen molar-refractivity contribution >= 4 is 79.7 Å². The molecule has 0 saturated heterocycles. The van der Waals surface area contributed by atoms with Gasteiger partial charge in [-0.1, -0.05) is 88.4 Å². The normalized spacial score (nSPS) is 18.9. The minimum Gasteiger partial charge on any atom is -0.450 e. The summed E-state index contributed by atoms with van der Waals surface area (Å²) in [7, 11) is -11.6. The lowest BCUT2D eigenvalue weighted by atomic mass is 10.1. The third-order valence-corrected chi connectivity index (χ3v) is 20.9. The van der Waals surface area contributed by atoms with E-state index in [2.05, 4.69) is 5.32 Å². The predicted octanol–water partition coefficient (Wildman–Crippen LogP) is 3.46. The number of hydrogen-bond donors (Lipinski definition) is 2. The summed E-state index contributed by atoms with van der Waals surface area (Å²) in [4.78, 5) is 64.8. The van der Waals surface area contributed by atoms with Crippen molar-refractivity contribution in [1.82, 2.24) is 10.0 Å². The lowest BCUT2D eigenvalue weighted by Crippen LogP contribution is -2.68. The van der Waals surface area contributed by atoms with Crippen molar-refractivity contribution in [1.29, 1.82) is 0 Å². The van der Waals surface area contributed by atoms with Crippen LogP contribution in [0.1, 0.15) is 87.3 Å². The second-order valence-electron chi connectivity index (χ2n) is 15.7. The second kappa shape index (κ2) is 19.7. The number of amides is 1. The molecule has 7 atom stereocenters. The third-order valence-electron chi connectivity index (χ3n) is 10.0. The number of sulfonamides is 1. The van der Waals surface area contributed by atoms with Crippen LogP contribution in [0.25, 0.3) is 0 Å². The van der Waals surface area contributed by atoms with Crippen molar-refractivity contribution in [3.8, 4) is 0 Å². The number of nitrogens with one attached hydrogen (secondary N) is 2. The average molecular weight is 923 g/mol. The van der Waals surface area contributed by atoms with Gasteiger partial charge >= 0.3 is 23.9 Å². The number of carbonyl (C=O) groups excluding carboxylic acids is 5. The van der Waals surface area contributed by atoms with Crippen LogP contribution in [0.3, 0.4) is 0 Å². The van der Waals surface area contributed by atoms with E-state index in [1.807, 2.05) is 88.4 Å². The van der Waals surface area contributed by atoms with Crippen molar-refractivity contribution in [2.45, 2.75) is 131 Å². The van der Waals surface area contributed by atoms with E-state index in [9.17, 15) is 40.8 Å². The van der Waals surface area contributed by atoms with Gasteiger partial charge < -0.3 is 28.7 Å². The first kappa shape index (κ1) is 49.2. The molecule has 0 unspecified atom stereocenters. The summed E-state index contributed by atoms with van der Waals surface area (Å²) in [6.07, 6.45) is -7.30. The first-order chi connectivity index (χ1) is 28.4. The highest BCUT2D eigenvalue weighted by atomic mass is 32.3. The monoisotopic (exact) mass is 922 g/mol. The Bertz CT molecular complexity index is 2260. The number of esters is 4. The standard InChI is InChI=1S/C41H54N2O14S3Si/c1-11-42-33-22-24(2)59(49,50)40-32(33)23-34(58-40)60(51,52)43-35(44)25(3)53-36(45)26(4)54-37(46)27(5)55-38(47)28(6)56-39(48)29(7)57-61(41(8,9)10,30-18-14-12-15-19-30)31-20-16-13-17-21-31/h12-21,23-29,33,42H,11,22H2,1-10H3,(H,43,44)/t24-,25-,26-,27-,28-,29-,33-/m0/s1. The van der Waals surface area contributed by atoms with Crippen LogP contribution >= 0.6 is 11.3 Å². The van der Waals surface area contributed by atoms with Gasteiger partial charge in [0.1, 0.15) is 14.5 Å². The molecule has 3 aromatic rings. The smallest absolute Gasteiger partial charge is 0.347 e. The largest absolute Gasteiger partial charge is 0.450 e. The molecule has 61 heavy (non-hydrogen) atoms. The Labute approximate surface area is 362 Å². The molecule has 334 valence electrons. The van der Waals surface area contributed by atoms with Gasteiger partial charge in [-0.15, -0.1) is 11.3 Å². The number of carbonyl (C=O) groups is 5. The topological polar surface area (TPSA) is 224 Å². The molecule has 2 heterocycles. The molecule has 1 aliphatic heterocycles. The number of thiophene rings is 1. The third kappa shape index (κ3) is 11.1. The Morgan fingerprint density at radius 2 is 1.18 bits per heavy atom. The molecule has 1 aliphatic rings. The summed E-state index contributed by atoms with van der Waals surface area (Å²) in [6, 6.07) is 20.0. The van der Waals surface area contributed by atoms with E-state index in [0.29, 0.717) is 17.9 Å². The van der Waals surface area contributed by atoms with E-state index in [-0.39, 0.29) is 16.2 Å². The molecule has 0 saturated carbocycles. The van der Waals surface area contributed by atoms with Crippen LogP contribution in [0.2, 0.25) is 5.04 Å². The Morgan fingerprint density at radius 3 is 1.61 bits per heavy atom. The summed E-state index contributed by atoms with van der Waals surface area (Å²) in [5, 5.41) is 3.80. The molecule has 2 N–H and O–H groups in total. The highest BCUT2D eigenvalue weighted by molar-refractivity contribution is 7.95. The van der Waals surface area contributed by atoms with Crippen LogP contribution in [-0.4, -0.2) is 97.3 Å². The van der Waals surface area contributed by atoms with E-state index in [4.69, 9.17) is 23.4 Å². The Kier molecular flexibility index (Phi) is 15.9. The van der Waals surface area contributed by atoms with Gasteiger partial charge in [-0.25, -0.2) is 40.7 Å². The fourth-order valence-electron chi connectivity index (χ4n) is 6.72. The second-order valence-corrected chi connectivity index (χ2v) is 25.5. The first-order valence-electron chi connectivity index (χ1n) is 19.7. The number of fused-ring (bicyclic) bond motifs is 1. The summed E-state index contributed by atoms with van der Waals surface area (Å²) < 4.78 is 81.0. The van der Waals surface area contributed by atoms with Crippen molar-refractivity contribution in [2.24, 2.45) is 0 Å². The minimum absolute atomic E-state index is 0.109. The van der Waals surface area contributed by atoms with Gasteiger partial charge in [0.05, 0.1) is 5.25 Å². The highest BCUT2D eigenvalue weighted by Gasteiger charge is 2.52. The first-order valence-corrected chi connectivity index (χ1v) is 25.4. The minimum atomic E-state index is -4.59. The predicted molar refractivity (Wildman–Crippen MR) is 228 cm³/mol. The van der Waals surface area contributed by atoms with E-state index in [1.54, 1.807) is 4.72 Å². The maximum absolute atomic E-state index is 13.4. The maximum Gasteiger partial charge on any atom is 0.347 e. The Morgan fingerprint density at radius 1 is 0.754 bits per heavy atom. The quantitative estimate of drug-likeness (QED) is 0.112. The van der Waals surface area contributed by atoms with Gasteiger partial charge in [0.2, 0.25) is 0 Å². The Balaban J connectivity index is 1.32. The van der Waals surface area contributed by atoms with Crippen LogP contribution in [0.4, 0.5) is 0 Å². The zero-order valence-corrected chi connectivity index (χ0v) is 39.2. The van der Waals surface area contributed by atoms with E-state index >= 15 is 0 Å². The maximum atomic E-state index is 13.4. The fraction of sp³-hybridized carbons (Fsp3) is 0.488. The van der Waals surface area contributed by atoms with Crippen LogP contribution in [-0.2, 0) is 67.2 Å². The van der Waals surface area contributed by atoms with Gasteiger partial charge in [-0.2, -0.15) is 0 Å². The highest BCUT2D eigenvalue weighted by Crippen LogP contribution is 2.43. The molecule has 0 spiro atoms. The molecule has 0 fully saturated rings. The van der Waals surface area contributed by atoms with Crippen molar-refractivity contribution < 1.29 is 64.2 Å². The van der Waals surface area contributed by atoms with E-state index < -0.39 is 109 Å². The number of rotatable bonds is 17. The molecule has 1 aromatic heterocycles. The van der Waals surface area contributed by atoms with Gasteiger partial charge in [0.25, 0.3) is 24.2 Å². The van der Waals surface area contributed by atoms with Gasteiger partial charge in [-0.3, -0.25) is 4.79 Å². The van der Waals surface area contributed by atoms with E-state index in [0.717, 1.165) is 31.1 Å². The molecule has 16 nitrogen and oxygen atoms in total. The molecule has 1 amide bonds. The van der Waals surface area contributed by atoms with Gasteiger partial charge in [0.15, 0.2) is 34.3 Å². The molecule has 2 aromatic carbocycles. The molecule has 20 heteroatoms. The number of benzene rings is 2. The SMILES string of the molecule is CCN[C@H]1C[C@H](C)S(=O)(=O)c2sc(S(=O)(=O)NC(=O)[C@H](C)OC(=O)[C@H](C)OC(=O)[C@H](C)OC(=O)[C@H](C)OC(=O)[C@H](C)O[Si](c3ccccc3)(c3ccccc3)C(C)(C)C)cc21. The fourth-order valence-corrected chi connectivity index (χ4v) is 16.4. The summed E-state index contributed by atoms with van der Waals surface area (Å²) >= 11 is 0.515.